The molecule has 0 unspecified atom stereocenters. The molecule has 108 valence electrons. The van der Waals surface area contributed by atoms with Crippen molar-refractivity contribution in [1.29, 1.82) is 0 Å². The molecule has 0 amide bonds. The molecule has 18 heavy (non-hydrogen) atoms. The molecule has 2 heteroatoms. The van der Waals surface area contributed by atoms with Gasteiger partial charge in [0.15, 0.2) is 0 Å². The van der Waals surface area contributed by atoms with Gasteiger partial charge in [0.25, 0.3) is 0 Å². The van der Waals surface area contributed by atoms with Crippen molar-refractivity contribution in [3.63, 3.8) is 0 Å². The van der Waals surface area contributed by atoms with Gasteiger partial charge in [0, 0.05) is 28.0 Å². The van der Waals surface area contributed by atoms with Gasteiger partial charge in [-0.25, -0.2) is 0 Å². The fourth-order valence-electron chi connectivity index (χ4n) is 2.71. The molecule has 0 saturated heterocycles. The number of unbranched alkanes of at least 4 members (excludes halogenated alkanes) is 2. The van der Waals surface area contributed by atoms with Gasteiger partial charge >= 0.3 is 0 Å². The minimum absolute atomic E-state index is 0.627. The van der Waals surface area contributed by atoms with Crippen LogP contribution >= 0.6 is 0 Å². The van der Waals surface area contributed by atoms with Gasteiger partial charge in [-0.3, -0.25) is 0 Å². The zero-order chi connectivity index (χ0) is 14.1. The molecule has 0 aliphatic heterocycles. The van der Waals surface area contributed by atoms with Gasteiger partial charge in [-0.1, -0.05) is 38.3 Å². The topological polar surface area (TPSA) is 3.24 Å². The number of hydrogen-bond acceptors (Lipinski definition) is 1. The summed E-state index contributed by atoms with van der Waals surface area (Å²) in [6.45, 7) is 13.9. The second-order valence-corrected chi connectivity index (χ2v) is 7.24. The summed E-state index contributed by atoms with van der Waals surface area (Å²) in [5.41, 5.74) is 1.68. The van der Waals surface area contributed by atoms with Crippen LogP contribution < -0.4 is 0 Å². The Bertz CT molecular complexity index is 235. The lowest BCUT2D eigenvalue weighted by molar-refractivity contribution is 0.220. The van der Waals surface area contributed by atoms with E-state index >= 15 is 0 Å². The number of rotatable bonds is 9. The first-order chi connectivity index (χ1) is 8.45. The minimum atomic E-state index is 0.627. The smallest absolute Gasteiger partial charge is 0.0355 e. The lowest BCUT2D eigenvalue weighted by Gasteiger charge is -2.37. The summed E-state index contributed by atoms with van der Waals surface area (Å²) >= 11 is 0. The van der Waals surface area contributed by atoms with E-state index in [9.17, 15) is 0 Å². The van der Waals surface area contributed by atoms with Gasteiger partial charge in [-0.05, 0) is 47.0 Å². The maximum atomic E-state index is 2.66. The van der Waals surface area contributed by atoms with E-state index in [1.807, 2.05) is 0 Å². The van der Waals surface area contributed by atoms with E-state index in [1.165, 1.54) is 48.8 Å². The summed E-state index contributed by atoms with van der Waals surface area (Å²) in [4.78, 5) is 2.66. The van der Waals surface area contributed by atoms with Gasteiger partial charge in [0.2, 0.25) is 0 Å². The molecule has 0 N–H and O–H groups in total. The third kappa shape index (κ3) is 6.08. The molecule has 0 aromatic heterocycles. The zero-order valence-electron chi connectivity index (χ0n) is 13.8. The predicted octanol–water partition coefficient (Wildman–Crippen LogP) is 4.06. The Hall–Kier alpha value is -0.243. The Labute approximate surface area is 118 Å². The SMILES string of the molecule is CCCCC([SiH3])=C(CCCC)N(C(C)C)C(C)C. The molecule has 0 saturated carbocycles. The Kier molecular flexibility index (Phi) is 9.53. The van der Waals surface area contributed by atoms with Crippen LogP contribution in [0.2, 0.25) is 0 Å². The number of nitrogens with zero attached hydrogens (tertiary/aromatic N) is 1. The third-order valence-corrected chi connectivity index (χ3v) is 4.67. The van der Waals surface area contributed by atoms with Crippen LogP contribution in [-0.4, -0.2) is 27.2 Å². The second-order valence-electron chi connectivity index (χ2n) is 6.03. The van der Waals surface area contributed by atoms with Crippen LogP contribution in [0, 0.1) is 0 Å². The summed E-state index contributed by atoms with van der Waals surface area (Å²) in [7, 11) is 1.23. The van der Waals surface area contributed by atoms with Gasteiger partial charge in [0.1, 0.15) is 0 Å². The summed E-state index contributed by atoms with van der Waals surface area (Å²) in [6, 6.07) is 1.25. The Balaban J connectivity index is 5.03. The van der Waals surface area contributed by atoms with Crippen LogP contribution in [0.15, 0.2) is 10.9 Å². The molecule has 0 aliphatic carbocycles. The van der Waals surface area contributed by atoms with E-state index < -0.39 is 0 Å². The highest BCUT2D eigenvalue weighted by Crippen LogP contribution is 2.24. The lowest BCUT2D eigenvalue weighted by Crippen LogP contribution is -2.37. The minimum Gasteiger partial charge on any atom is -0.370 e. The van der Waals surface area contributed by atoms with E-state index in [1.54, 1.807) is 10.9 Å². The molecule has 0 aromatic carbocycles. The molecule has 0 aromatic rings. The van der Waals surface area contributed by atoms with Crippen LogP contribution in [-0.2, 0) is 0 Å². The molecule has 0 heterocycles. The van der Waals surface area contributed by atoms with Crippen LogP contribution in [0.4, 0.5) is 0 Å². The van der Waals surface area contributed by atoms with E-state index in [0.29, 0.717) is 12.1 Å². The van der Waals surface area contributed by atoms with Crippen molar-refractivity contribution in [2.75, 3.05) is 0 Å². The quantitative estimate of drug-likeness (QED) is 0.571. The van der Waals surface area contributed by atoms with Gasteiger partial charge < -0.3 is 4.90 Å². The monoisotopic (exact) mass is 269 g/mol. The molecule has 0 spiro atoms. The first-order valence-corrected chi connectivity index (χ1v) is 8.92. The zero-order valence-corrected chi connectivity index (χ0v) is 15.8. The highest BCUT2D eigenvalue weighted by atomic mass is 28.1. The number of hydrogen-bond donors (Lipinski definition) is 0. The average molecular weight is 270 g/mol. The maximum absolute atomic E-state index is 2.66. The molecule has 0 aliphatic rings. The maximum Gasteiger partial charge on any atom is 0.0355 e. The van der Waals surface area contributed by atoms with Crippen molar-refractivity contribution in [3.8, 4) is 0 Å². The van der Waals surface area contributed by atoms with Gasteiger partial charge in [-0.2, -0.15) is 0 Å². The molecule has 1 nitrogen and oxygen atoms in total. The Morgan fingerprint density at radius 3 is 1.72 bits per heavy atom. The summed E-state index contributed by atoms with van der Waals surface area (Å²) in [6.07, 6.45) is 7.93. The van der Waals surface area contributed by atoms with Crippen molar-refractivity contribution in [3.05, 3.63) is 10.9 Å². The lowest BCUT2D eigenvalue weighted by atomic mass is 10.1. The summed E-state index contributed by atoms with van der Waals surface area (Å²) in [5.74, 6) is 0. The van der Waals surface area contributed by atoms with Crippen LogP contribution in [0.25, 0.3) is 0 Å². The Morgan fingerprint density at radius 2 is 1.33 bits per heavy atom. The summed E-state index contributed by atoms with van der Waals surface area (Å²) < 4.78 is 0. The number of allylic oxidation sites excluding steroid dienone is 2. The normalized spacial score (nSPS) is 13.3. The van der Waals surface area contributed by atoms with Crippen LogP contribution in [0.1, 0.15) is 80.1 Å². The van der Waals surface area contributed by atoms with Crippen LogP contribution in [0.5, 0.6) is 0 Å². The molecule has 0 rings (SSSR count). The third-order valence-electron chi connectivity index (χ3n) is 3.59. The molecular formula is C16H35NSi. The van der Waals surface area contributed by atoms with E-state index in [2.05, 4.69) is 46.4 Å². The van der Waals surface area contributed by atoms with Crippen molar-refractivity contribution in [1.82, 2.24) is 4.90 Å². The largest absolute Gasteiger partial charge is 0.370 e. The molecule has 0 atom stereocenters. The van der Waals surface area contributed by atoms with Gasteiger partial charge in [-0.15, -0.1) is 0 Å². The predicted molar refractivity (Wildman–Crippen MR) is 88.1 cm³/mol. The van der Waals surface area contributed by atoms with Crippen molar-refractivity contribution < 1.29 is 0 Å². The summed E-state index contributed by atoms with van der Waals surface area (Å²) in [5, 5.41) is 1.76. The second kappa shape index (κ2) is 9.66. The molecule has 0 radical (unpaired) electrons. The first-order valence-electron chi connectivity index (χ1n) is 7.92. The average Bonchev–Trinajstić information content (AvgIpc) is 2.30. The van der Waals surface area contributed by atoms with Crippen LogP contribution in [0.3, 0.4) is 0 Å². The van der Waals surface area contributed by atoms with Crippen molar-refractivity contribution in [2.45, 2.75) is 92.2 Å². The highest BCUT2D eigenvalue weighted by molar-refractivity contribution is 6.21. The molecule has 0 bridgehead atoms. The fourth-order valence-corrected chi connectivity index (χ4v) is 3.57. The fraction of sp³-hybridized carbons (Fsp3) is 0.875. The molecule has 0 fully saturated rings. The van der Waals surface area contributed by atoms with E-state index in [4.69, 9.17) is 0 Å². The molecular weight excluding hydrogens is 234 g/mol. The van der Waals surface area contributed by atoms with Gasteiger partial charge in [0.05, 0.1) is 0 Å². The van der Waals surface area contributed by atoms with Crippen molar-refractivity contribution in [2.24, 2.45) is 0 Å². The first kappa shape index (κ1) is 17.8. The van der Waals surface area contributed by atoms with E-state index in [0.717, 1.165) is 0 Å². The standard InChI is InChI=1S/C16H35NSi/c1-7-9-11-15(16(18)12-10-8-2)17(13(3)4)14(5)6/h13-14H,7-12H2,1-6,18H3. The van der Waals surface area contributed by atoms with Crippen molar-refractivity contribution >= 4 is 10.2 Å². The van der Waals surface area contributed by atoms with E-state index in [-0.39, 0.29) is 0 Å². The highest BCUT2D eigenvalue weighted by Gasteiger charge is 2.18. The Morgan fingerprint density at radius 1 is 0.889 bits per heavy atom.